The molecule has 21 heavy (non-hydrogen) atoms. The normalized spacial score (nSPS) is 11.6. The number of non-ortho nitro benzene ring substituents is 1. The Morgan fingerprint density at radius 1 is 1.43 bits per heavy atom. The summed E-state index contributed by atoms with van der Waals surface area (Å²) in [4.78, 5) is 10.2. The maximum Gasteiger partial charge on any atom is 0.271 e. The number of hydrogen-bond donors (Lipinski definition) is 2. The lowest BCUT2D eigenvalue weighted by molar-refractivity contribution is -0.384. The van der Waals surface area contributed by atoms with E-state index in [1.54, 1.807) is 6.92 Å². The van der Waals surface area contributed by atoms with Gasteiger partial charge in [0.15, 0.2) is 0 Å². The van der Waals surface area contributed by atoms with E-state index in [2.05, 4.69) is 5.32 Å². The molecule has 0 bridgehead atoms. The van der Waals surface area contributed by atoms with Gasteiger partial charge in [0, 0.05) is 38.9 Å². The number of aliphatic hydroxyl groups excluding tert-OH is 1. The van der Waals surface area contributed by atoms with Crippen LogP contribution in [-0.2, 0) is 10.0 Å². The minimum absolute atomic E-state index is 0.0182. The molecule has 0 aliphatic rings. The molecule has 1 aromatic carbocycles. The number of aliphatic hydroxyl groups is 1. The van der Waals surface area contributed by atoms with Crippen molar-refractivity contribution in [2.75, 3.05) is 32.1 Å². The van der Waals surface area contributed by atoms with Gasteiger partial charge in [0.25, 0.3) is 5.69 Å². The zero-order valence-corrected chi connectivity index (χ0v) is 12.8. The summed E-state index contributed by atoms with van der Waals surface area (Å²) in [5.74, 6) is 0. The van der Waals surface area contributed by atoms with Crippen LogP contribution in [0.25, 0.3) is 0 Å². The fourth-order valence-electron chi connectivity index (χ4n) is 1.89. The summed E-state index contributed by atoms with van der Waals surface area (Å²) < 4.78 is 26.4. The minimum Gasteiger partial charge on any atom is -0.396 e. The summed E-state index contributed by atoms with van der Waals surface area (Å²) in [7, 11) is -2.27. The van der Waals surface area contributed by atoms with Crippen molar-refractivity contribution >= 4 is 21.4 Å². The van der Waals surface area contributed by atoms with Gasteiger partial charge in [-0.3, -0.25) is 10.1 Å². The average molecular weight is 317 g/mol. The number of nitro benzene ring substituents is 1. The first kappa shape index (κ1) is 17.3. The van der Waals surface area contributed by atoms with E-state index in [0.29, 0.717) is 6.42 Å². The molecule has 0 unspecified atom stereocenters. The SMILES string of the molecule is CCN(CCCO)S(=O)(=O)c1ccc([N+](=O)[O-])cc1NC. The number of benzene rings is 1. The second kappa shape index (κ2) is 7.34. The van der Waals surface area contributed by atoms with Gasteiger partial charge in [-0.2, -0.15) is 4.31 Å². The first-order chi connectivity index (χ1) is 9.88. The summed E-state index contributed by atoms with van der Waals surface area (Å²) in [6.07, 6.45) is 0.328. The molecular weight excluding hydrogens is 298 g/mol. The Kier molecular flexibility index (Phi) is 6.06. The quantitative estimate of drug-likeness (QED) is 0.547. The van der Waals surface area contributed by atoms with Crippen LogP contribution >= 0.6 is 0 Å². The molecule has 2 N–H and O–H groups in total. The molecule has 0 aliphatic heterocycles. The molecule has 118 valence electrons. The number of nitrogens with zero attached hydrogens (tertiary/aromatic N) is 2. The van der Waals surface area contributed by atoms with E-state index in [1.807, 2.05) is 0 Å². The largest absolute Gasteiger partial charge is 0.396 e. The van der Waals surface area contributed by atoms with E-state index >= 15 is 0 Å². The van der Waals surface area contributed by atoms with Crippen LogP contribution in [0, 0.1) is 10.1 Å². The van der Waals surface area contributed by atoms with Crippen LogP contribution < -0.4 is 5.32 Å². The zero-order chi connectivity index (χ0) is 16.0. The predicted octanol–water partition coefficient (Wildman–Crippen LogP) is 1.03. The zero-order valence-electron chi connectivity index (χ0n) is 11.9. The molecule has 0 saturated carbocycles. The summed E-state index contributed by atoms with van der Waals surface area (Å²) >= 11 is 0. The van der Waals surface area contributed by atoms with Gasteiger partial charge in [-0.15, -0.1) is 0 Å². The Hall–Kier alpha value is -1.71. The number of sulfonamides is 1. The molecular formula is C12H19N3O5S. The molecule has 0 aromatic heterocycles. The highest BCUT2D eigenvalue weighted by Gasteiger charge is 2.26. The summed E-state index contributed by atoms with van der Waals surface area (Å²) in [5.41, 5.74) is -0.0108. The first-order valence-corrected chi connectivity index (χ1v) is 7.89. The number of rotatable bonds is 8. The van der Waals surface area contributed by atoms with Gasteiger partial charge >= 0.3 is 0 Å². The summed E-state index contributed by atoms with van der Waals surface area (Å²) in [6.45, 7) is 2.03. The van der Waals surface area contributed by atoms with Crippen LogP contribution in [-0.4, -0.2) is 49.5 Å². The molecule has 0 amide bonds. The van der Waals surface area contributed by atoms with Crippen molar-refractivity contribution in [1.82, 2.24) is 4.31 Å². The van der Waals surface area contributed by atoms with Gasteiger partial charge in [-0.25, -0.2) is 8.42 Å². The van der Waals surface area contributed by atoms with Crippen LogP contribution in [0.1, 0.15) is 13.3 Å². The van der Waals surface area contributed by atoms with Crippen LogP contribution in [0.5, 0.6) is 0 Å². The molecule has 0 spiro atoms. The fourth-order valence-corrected chi connectivity index (χ4v) is 3.55. The number of hydrogen-bond acceptors (Lipinski definition) is 6. The first-order valence-electron chi connectivity index (χ1n) is 6.45. The van der Waals surface area contributed by atoms with Crippen LogP contribution in [0.15, 0.2) is 23.1 Å². The van der Waals surface area contributed by atoms with Crippen molar-refractivity contribution in [3.05, 3.63) is 28.3 Å². The number of anilines is 1. The highest BCUT2D eigenvalue weighted by Crippen LogP contribution is 2.28. The van der Waals surface area contributed by atoms with E-state index in [1.165, 1.54) is 23.5 Å². The Morgan fingerprint density at radius 2 is 2.10 bits per heavy atom. The minimum atomic E-state index is -3.77. The van der Waals surface area contributed by atoms with Gasteiger partial charge in [0.1, 0.15) is 4.90 Å². The van der Waals surface area contributed by atoms with Gasteiger partial charge in [0.05, 0.1) is 10.6 Å². The van der Waals surface area contributed by atoms with E-state index in [9.17, 15) is 18.5 Å². The molecule has 8 nitrogen and oxygen atoms in total. The van der Waals surface area contributed by atoms with Crippen molar-refractivity contribution < 1.29 is 18.4 Å². The maximum absolute atomic E-state index is 12.6. The van der Waals surface area contributed by atoms with Gasteiger partial charge in [-0.05, 0) is 12.5 Å². The lowest BCUT2D eigenvalue weighted by Gasteiger charge is -2.21. The standard InChI is InChI=1S/C12H19N3O5S/c1-3-14(7-4-8-16)21(19,20)12-6-5-10(15(17)18)9-11(12)13-2/h5-6,9,13,16H,3-4,7-8H2,1-2H3. The monoisotopic (exact) mass is 317 g/mol. The van der Waals surface area contributed by atoms with Crippen molar-refractivity contribution in [2.24, 2.45) is 0 Å². The summed E-state index contributed by atoms with van der Waals surface area (Å²) in [5, 5.41) is 22.3. The molecule has 0 heterocycles. The second-order valence-corrected chi connectivity index (χ2v) is 6.17. The lowest BCUT2D eigenvalue weighted by Crippen LogP contribution is -2.32. The van der Waals surface area contributed by atoms with Gasteiger partial charge < -0.3 is 10.4 Å². The fraction of sp³-hybridized carbons (Fsp3) is 0.500. The molecule has 0 aliphatic carbocycles. The van der Waals surface area contributed by atoms with Crippen molar-refractivity contribution in [2.45, 2.75) is 18.2 Å². The Labute approximate surface area is 123 Å². The smallest absolute Gasteiger partial charge is 0.271 e. The lowest BCUT2D eigenvalue weighted by atomic mass is 10.3. The van der Waals surface area contributed by atoms with E-state index in [4.69, 9.17) is 5.11 Å². The Balaban J connectivity index is 3.26. The van der Waals surface area contributed by atoms with Gasteiger partial charge in [0.2, 0.25) is 10.0 Å². The summed E-state index contributed by atoms with van der Waals surface area (Å²) in [6, 6.07) is 3.57. The maximum atomic E-state index is 12.6. The Bertz CT molecular complexity index is 603. The highest BCUT2D eigenvalue weighted by atomic mass is 32.2. The Morgan fingerprint density at radius 3 is 2.57 bits per heavy atom. The topological polar surface area (TPSA) is 113 Å². The molecule has 0 radical (unpaired) electrons. The predicted molar refractivity (Wildman–Crippen MR) is 78.8 cm³/mol. The molecule has 1 rings (SSSR count). The second-order valence-electron chi connectivity index (χ2n) is 4.26. The van der Waals surface area contributed by atoms with Crippen LogP contribution in [0.3, 0.4) is 0 Å². The van der Waals surface area contributed by atoms with Crippen molar-refractivity contribution in [3.63, 3.8) is 0 Å². The molecule has 0 atom stereocenters. The molecule has 9 heteroatoms. The van der Waals surface area contributed by atoms with Crippen molar-refractivity contribution in [3.8, 4) is 0 Å². The molecule has 0 saturated heterocycles. The van der Waals surface area contributed by atoms with E-state index < -0.39 is 14.9 Å². The number of nitrogens with one attached hydrogen (secondary N) is 1. The van der Waals surface area contributed by atoms with Crippen molar-refractivity contribution in [1.29, 1.82) is 0 Å². The molecule has 0 fully saturated rings. The molecule has 1 aromatic rings. The van der Waals surface area contributed by atoms with E-state index in [0.717, 1.165) is 6.07 Å². The third kappa shape index (κ3) is 3.90. The third-order valence-corrected chi connectivity index (χ3v) is 5.01. The van der Waals surface area contributed by atoms with Crippen LogP contribution in [0.4, 0.5) is 11.4 Å². The highest BCUT2D eigenvalue weighted by molar-refractivity contribution is 7.89. The van der Waals surface area contributed by atoms with Crippen LogP contribution in [0.2, 0.25) is 0 Å². The third-order valence-electron chi connectivity index (χ3n) is 2.98. The van der Waals surface area contributed by atoms with Gasteiger partial charge in [-0.1, -0.05) is 6.92 Å². The van der Waals surface area contributed by atoms with E-state index in [-0.39, 0.29) is 36.0 Å². The number of nitro groups is 1. The average Bonchev–Trinajstić information content (AvgIpc) is 2.46.